The molecule has 4 nitrogen and oxygen atoms in total. The molecule has 0 N–H and O–H groups in total. The van der Waals surface area contributed by atoms with Gasteiger partial charge in [-0.25, -0.2) is 9.55 Å². The molecule has 1 heterocycles. The van der Waals surface area contributed by atoms with E-state index in [1.165, 1.54) is 12.3 Å². The van der Waals surface area contributed by atoms with Gasteiger partial charge in [-0.15, -0.1) is 0 Å². The number of hydrogen-bond donors (Lipinski definition) is 0. The lowest BCUT2D eigenvalue weighted by Crippen LogP contribution is -2.13. The zero-order valence-corrected chi connectivity index (χ0v) is 6.00. The minimum atomic E-state index is -4.72. The second-order valence-corrected chi connectivity index (χ2v) is 2.01. The molecule has 0 bridgehead atoms. The maximum absolute atomic E-state index is 12.0. The van der Waals surface area contributed by atoms with Crippen LogP contribution in [0.25, 0.3) is 0 Å². The van der Waals surface area contributed by atoms with E-state index in [0.29, 0.717) is 6.20 Å². The van der Waals surface area contributed by atoms with E-state index in [1.807, 2.05) is 0 Å². The maximum atomic E-state index is 12.0. The SMILES string of the molecule is N#Cc1cnc(C(F)(F)F)n1C#N. The number of imidazole rings is 1. The van der Waals surface area contributed by atoms with Crippen molar-refractivity contribution < 1.29 is 13.2 Å². The summed E-state index contributed by atoms with van der Waals surface area (Å²) in [6, 6.07) is 1.42. The van der Waals surface area contributed by atoms with Crippen LogP contribution >= 0.6 is 0 Å². The first-order valence-corrected chi connectivity index (χ1v) is 2.96. The van der Waals surface area contributed by atoms with Crippen molar-refractivity contribution in [2.45, 2.75) is 6.18 Å². The Labute approximate surface area is 70.4 Å². The molecular weight excluding hydrogens is 185 g/mol. The highest BCUT2D eigenvalue weighted by molar-refractivity contribution is 5.25. The Bertz CT molecular complexity index is 403. The number of rotatable bonds is 0. The zero-order chi connectivity index (χ0) is 10.1. The van der Waals surface area contributed by atoms with Gasteiger partial charge >= 0.3 is 6.18 Å². The Kier molecular flexibility index (Phi) is 1.95. The first-order chi connectivity index (χ1) is 6.00. The number of hydrogen-bond acceptors (Lipinski definition) is 3. The van der Waals surface area contributed by atoms with E-state index in [9.17, 15) is 13.2 Å². The Morgan fingerprint density at radius 2 is 2.00 bits per heavy atom. The molecule has 0 aromatic carbocycles. The fraction of sp³-hybridized carbons (Fsp3) is 0.167. The molecule has 13 heavy (non-hydrogen) atoms. The van der Waals surface area contributed by atoms with Crippen LogP contribution in [0.1, 0.15) is 11.5 Å². The smallest absolute Gasteiger partial charge is 0.231 e. The molecule has 1 rings (SSSR count). The van der Waals surface area contributed by atoms with E-state index in [2.05, 4.69) is 4.98 Å². The molecule has 1 aromatic rings. The second kappa shape index (κ2) is 2.79. The standard InChI is InChI=1S/C6HF3N4/c7-6(8,9)5-12-2-4(1-10)13(5)3-11/h2H. The lowest BCUT2D eigenvalue weighted by Gasteiger charge is -2.02. The van der Waals surface area contributed by atoms with Crippen LogP contribution in [0, 0.1) is 22.8 Å². The lowest BCUT2D eigenvalue weighted by atomic mass is 10.5. The van der Waals surface area contributed by atoms with E-state index >= 15 is 0 Å². The van der Waals surface area contributed by atoms with Gasteiger partial charge < -0.3 is 0 Å². The highest BCUT2D eigenvalue weighted by Gasteiger charge is 2.37. The minimum absolute atomic E-state index is 0.139. The van der Waals surface area contributed by atoms with Crippen LogP contribution in [0.4, 0.5) is 13.2 Å². The molecule has 0 spiro atoms. The van der Waals surface area contributed by atoms with Crippen molar-refractivity contribution in [2.75, 3.05) is 0 Å². The molecule has 0 aliphatic carbocycles. The highest BCUT2D eigenvalue weighted by Crippen LogP contribution is 2.28. The molecular formula is C6HF3N4. The Balaban J connectivity index is 3.37. The van der Waals surface area contributed by atoms with Crippen molar-refractivity contribution in [3.8, 4) is 12.3 Å². The van der Waals surface area contributed by atoms with E-state index in [4.69, 9.17) is 10.5 Å². The third-order valence-corrected chi connectivity index (χ3v) is 1.23. The minimum Gasteiger partial charge on any atom is -0.231 e. The van der Waals surface area contributed by atoms with E-state index in [-0.39, 0.29) is 4.57 Å². The number of aromatic nitrogens is 2. The van der Waals surface area contributed by atoms with Crippen LogP contribution in [0.2, 0.25) is 0 Å². The van der Waals surface area contributed by atoms with Crippen molar-refractivity contribution >= 4 is 0 Å². The van der Waals surface area contributed by atoms with Gasteiger partial charge in [0, 0.05) is 0 Å². The van der Waals surface area contributed by atoms with Gasteiger partial charge in [-0.2, -0.15) is 23.7 Å². The van der Waals surface area contributed by atoms with Crippen molar-refractivity contribution in [1.82, 2.24) is 9.55 Å². The van der Waals surface area contributed by atoms with Gasteiger partial charge in [0.15, 0.2) is 11.9 Å². The molecule has 1 aromatic heterocycles. The summed E-state index contributed by atoms with van der Waals surface area (Å²) in [6.45, 7) is 0. The lowest BCUT2D eigenvalue weighted by molar-refractivity contribution is -0.145. The summed E-state index contributed by atoms with van der Waals surface area (Å²) in [5.74, 6) is -1.38. The van der Waals surface area contributed by atoms with Crippen LogP contribution in [-0.2, 0) is 6.18 Å². The molecule has 66 valence electrons. The van der Waals surface area contributed by atoms with Gasteiger partial charge in [0.05, 0.1) is 6.20 Å². The number of alkyl halides is 3. The van der Waals surface area contributed by atoms with Crippen LogP contribution in [0.3, 0.4) is 0 Å². The van der Waals surface area contributed by atoms with E-state index < -0.39 is 17.7 Å². The molecule has 0 atom stereocenters. The monoisotopic (exact) mass is 186 g/mol. The summed E-state index contributed by atoms with van der Waals surface area (Å²) >= 11 is 0. The van der Waals surface area contributed by atoms with Crippen LogP contribution in [0.5, 0.6) is 0 Å². The van der Waals surface area contributed by atoms with E-state index in [0.717, 1.165) is 0 Å². The van der Waals surface area contributed by atoms with Crippen LogP contribution in [0.15, 0.2) is 6.20 Å². The summed E-state index contributed by atoms with van der Waals surface area (Å²) in [4.78, 5) is 2.92. The second-order valence-electron chi connectivity index (χ2n) is 2.01. The van der Waals surface area contributed by atoms with Gasteiger partial charge in [-0.05, 0) is 0 Å². The van der Waals surface area contributed by atoms with Gasteiger partial charge in [0.2, 0.25) is 5.82 Å². The Hall–Kier alpha value is -2.02. The third kappa shape index (κ3) is 1.44. The van der Waals surface area contributed by atoms with Crippen molar-refractivity contribution in [3.05, 3.63) is 17.7 Å². The Morgan fingerprint density at radius 1 is 1.38 bits per heavy atom. The maximum Gasteiger partial charge on any atom is 0.450 e. The van der Waals surface area contributed by atoms with E-state index in [1.54, 1.807) is 0 Å². The van der Waals surface area contributed by atoms with Gasteiger partial charge in [0.1, 0.15) is 6.07 Å². The molecule has 7 heteroatoms. The summed E-state index contributed by atoms with van der Waals surface area (Å²) in [6.07, 6.45) is -2.80. The molecule has 0 amide bonds. The highest BCUT2D eigenvalue weighted by atomic mass is 19.4. The number of nitriles is 2. The predicted molar refractivity (Wildman–Crippen MR) is 33.0 cm³/mol. The molecule has 0 fully saturated rings. The molecule has 0 aliphatic heterocycles. The summed E-state index contributed by atoms with van der Waals surface area (Å²) in [7, 11) is 0. The van der Waals surface area contributed by atoms with Crippen molar-refractivity contribution in [2.24, 2.45) is 0 Å². The summed E-state index contributed by atoms with van der Waals surface area (Å²) < 4.78 is 36.3. The molecule has 0 saturated carbocycles. The molecule has 0 unspecified atom stereocenters. The zero-order valence-electron chi connectivity index (χ0n) is 6.00. The van der Waals surface area contributed by atoms with Crippen LogP contribution < -0.4 is 0 Å². The average Bonchev–Trinajstić information content (AvgIpc) is 2.45. The first-order valence-electron chi connectivity index (χ1n) is 2.96. The third-order valence-electron chi connectivity index (χ3n) is 1.23. The fourth-order valence-electron chi connectivity index (χ4n) is 0.732. The number of nitrogens with zero attached hydrogens (tertiary/aromatic N) is 4. The normalized spacial score (nSPS) is 10.5. The van der Waals surface area contributed by atoms with Crippen LogP contribution in [-0.4, -0.2) is 9.55 Å². The van der Waals surface area contributed by atoms with Gasteiger partial charge in [-0.3, -0.25) is 0 Å². The quantitative estimate of drug-likeness (QED) is 0.609. The molecule has 0 aliphatic rings. The molecule has 0 radical (unpaired) electrons. The summed E-state index contributed by atoms with van der Waals surface area (Å²) in [5, 5.41) is 16.6. The average molecular weight is 186 g/mol. The van der Waals surface area contributed by atoms with Crippen molar-refractivity contribution in [1.29, 1.82) is 10.5 Å². The topological polar surface area (TPSA) is 65.4 Å². The fourth-order valence-corrected chi connectivity index (χ4v) is 0.732. The van der Waals surface area contributed by atoms with Gasteiger partial charge in [0.25, 0.3) is 0 Å². The summed E-state index contributed by atoms with van der Waals surface area (Å²) in [5.41, 5.74) is -0.435. The molecule has 0 saturated heterocycles. The Morgan fingerprint density at radius 3 is 2.38 bits per heavy atom. The largest absolute Gasteiger partial charge is 0.450 e. The van der Waals surface area contributed by atoms with Crippen molar-refractivity contribution in [3.63, 3.8) is 0 Å². The number of halogens is 3. The predicted octanol–water partition coefficient (Wildman–Crippen LogP) is 1.10. The first kappa shape index (κ1) is 9.07. The van der Waals surface area contributed by atoms with Gasteiger partial charge in [-0.1, -0.05) is 0 Å².